The van der Waals surface area contributed by atoms with Crippen molar-refractivity contribution in [3.05, 3.63) is 64.7 Å². The van der Waals surface area contributed by atoms with E-state index in [0.717, 1.165) is 24.9 Å². The zero-order valence-electron chi connectivity index (χ0n) is 14.2. The number of likely N-dealkylation sites (tertiary alicyclic amines) is 1. The Kier molecular flexibility index (Phi) is 5.95. The summed E-state index contributed by atoms with van der Waals surface area (Å²) >= 11 is 6.13. The highest BCUT2D eigenvalue weighted by Gasteiger charge is 2.25. The van der Waals surface area contributed by atoms with Gasteiger partial charge in [0.25, 0.3) is 5.91 Å². The molecule has 1 aliphatic heterocycles. The standard InChI is InChI=1S/C20H23ClN2O2/c21-18-5-1-2-6-19(18)25-14-16-4-3-11-23(13-16)20(24)17-9-7-15(12-22)8-10-17/h1-2,5-10,16H,3-4,11-14,22H2. The molecule has 2 N–H and O–H groups in total. The first-order chi connectivity index (χ1) is 12.2. The lowest BCUT2D eigenvalue weighted by atomic mass is 9.98. The Bertz CT molecular complexity index is 718. The van der Waals surface area contributed by atoms with Crippen molar-refractivity contribution in [2.24, 2.45) is 11.7 Å². The number of nitrogens with two attached hydrogens (primary N) is 1. The molecule has 1 aliphatic rings. The van der Waals surface area contributed by atoms with Crippen LogP contribution in [0.15, 0.2) is 48.5 Å². The van der Waals surface area contributed by atoms with E-state index in [9.17, 15) is 4.79 Å². The molecule has 0 radical (unpaired) electrons. The van der Waals surface area contributed by atoms with Crippen molar-refractivity contribution in [1.29, 1.82) is 0 Å². The fourth-order valence-corrected chi connectivity index (χ4v) is 3.31. The Morgan fingerprint density at radius 2 is 1.96 bits per heavy atom. The molecule has 1 fully saturated rings. The smallest absolute Gasteiger partial charge is 0.253 e. The average Bonchev–Trinajstić information content (AvgIpc) is 2.67. The fourth-order valence-electron chi connectivity index (χ4n) is 3.12. The van der Waals surface area contributed by atoms with Crippen LogP contribution in [0.5, 0.6) is 5.75 Å². The summed E-state index contributed by atoms with van der Waals surface area (Å²) in [5, 5.41) is 0.617. The third-order valence-electron chi connectivity index (χ3n) is 4.55. The zero-order valence-corrected chi connectivity index (χ0v) is 14.9. The third-order valence-corrected chi connectivity index (χ3v) is 4.87. The van der Waals surface area contributed by atoms with Crippen LogP contribution in [0.3, 0.4) is 0 Å². The topological polar surface area (TPSA) is 55.6 Å². The van der Waals surface area contributed by atoms with Gasteiger partial charge in [0, 0.05) is 31.1 Å². The van der Waals surface area contributed by atoms with E-state index in [4.69, 9.17) is 22.1 Å². The average molecular weight is 359 g/mol. The number of ether oxygens (including phenoxy) is 1. The second-order valence-electron chi connectivity index (χ2n) is 6.40. The van der Waals surface area contributed by atoms with Gasteiger partial charge in [0.2, 0.25) is 0 Å². The quantitative estimate of drug-likeness (QED) is 0.886. The molecule has 132 valence electrons. The van der Waals surface area contributed by atoms with E-state index in [1.807, 2.05) is 53.4 Å². The molecule has 1 saturated heterocycles. The molecule has 2 aromatic rings. The van der Waals surface area contributed by atoms with Gasteiger partial charge >= 0.3 is 0 Å². The van der Waals surface area contributed by atoms with Crippen molar-refractivity contribution < 1.29 is 9.53 Å². The SMILES string of the molecule is NCc1ccc(C(=O)N2CCCC(COc3ccccc3Cl)C2)cc1. The lowest BCUT2D eigenvalue weighted by molar-refractivity contribution is 0.0633. The Morgan fingerprint density at radius 3 is 2.68 bits per heavy atom. The minimum Gasteiger partial charge on any atom is -0.492 e. The van der Waals surface area contributed by atoms with Crippen molar-refractivity contribution in [2.75, 3.05) is 19.7 Å². The van der Waals surface area contributed by atoms with E-state index in [-0.39, 0.29) is 5.91 Å². The molecule has 2 aromatic carbocycles. The second-order valence-corrected chi connectivity index (χ2v) is 6.81. The van der Waals surface area contributed by atoms with Gasteiger partial charge in [0.15, 0.2) is 0 Å². The van der Waals surface area contributed by atoms with Gasteiger partial charge in [-0.3, -0.25) is 4.79 Å². The monoisotopic (exact) mass is 358 g/mol. The largest absolute Gasteiger partial charge is 0.492 e. The predicted octanol–water partition coefficient (Wildman–Crippen LogP) is 3.73. The van der Waals surface area contributed by atoms with Gasteiger partial charge < -0.3 is 15.4 Å². The molecule has 25 heavy (non-hydrogen) atoms. The van der Waals surface area contributed by atoms with Crippen LogP contribution in [0.2, 0.25) is 5.02 Å². The number of carbonyl (C=O) groups is 1. The molecule has 1 unspecified atom stereocenters. The van der Waals surface area contributed by atoms with Gasteiger partial charge in [-0.15, -0.1) is 0 Å². The third kappa shape index (κ3) is 4.53. The molecule has 0 saturated carbocycles. The minimum atomic E-state index is 0.0750. The number of rotatable bonds is 5. The Labute approximate surface area is 153 Å². The number of hydrogen-bond acceptors (Lipinski definition) is 3. The van der Waals surface area contributed by atoms with Crippen LogP contribution in [0, 0.1) is 5.92 Å². The molecule has 1 atom stereocenters. The molecule has 0 aromatic heterocycles. The van der Waals surface area contributed by atoms with Crippen LogP contribution in [0.4, 0.5) is 0 Å². The normalized spacial score (nSPS) is 17.4. The van der Waals surface area contributed by atoms with Crippen molar-refractivity contribution in [1.82, 2.24) is 4.90 Å². The number of piperidine rings is 1. The van der Waals surface area contributed by atoms with E-state index in [1.54, 1.807) is 0 Å². The number of benzene rings is 2. The lowest BCUT2D eigenvalue weighted by Crippen LogP contribution is -2.41. The first-order valence-electron chi connectivity index (χ1n) is 8.63. The van der Waals surface area contributed by atoms with Crippen molar-refractivity contribution >= 4 is 17.5 Å². The Balaban J connectivity index is 1.58. The molecule has 1 amide bonds. The summed E-state index contributed by atoms with van der Waals surface area (Å²) in [7, 11) is 0. The first kappa shape index (κ1) is 17.8. The number of para-hydroxylation sites is 1. The maximum atomic E-state index is 12.7. The predicted molar refractivity (Wildman–Crippen MR) is 99.9 cm³/mol. The molecule has 3 rings (SSSR count). The summed E-state index contributed by atoms with van der Waals surface area (Å²) in [6.07, 6.45) is 2.05. The van der Waals surface area contributed by atoms with Gasteiger partial charge in [-0.2, -0.15) is 0 Å². The molecule has 1 heterocycles. The highest BCUT2D eigenvalue weighted by atomic mass is 35.5. The summed E-state index contributed by atoms with van der Waals surface area (Å²) < 4.78 is 5.86. The second kappa shape index (κ2) is 8.37. The molecular weight excluding hydrogens is 336 g/mol. The van der Waals surface area contributed by atoms with Crippen molar-refractivity contribution in [2.45, 2.75) is 19.4 Å². The molecule has 4 nitrogen and oxygen atoms in total. The maximum absolute atomic E-state index is 12.7. The van der Waals surface area contributed by atoms with E-state index in [2.05, 4.69) is 0 Å². The van der Waals surface area contributed by atoms with E-state index in [1.165, 1.54) is 0 Å². The summed E-state index contributed by atoms with van der Waals surface area (Å²) in [4.78, 5) is 14.6. The molecule has 0 bridgehead atoms. The molecule has 0 spiro atoms. The van der Waals surface area contributed by atoms with Crippen LogP contribution in [0.1, 0.15) is 28.8 Å². The Hall–Kier alpha value is -2.04. The molecule has 0 aliphatic carbocycles. The van der Waals surface area contributed by atoms with E-state index >= 15 is 0 Å². The molecular formula is C20H23ClN2O2. The summed E-state index contributed by atoms with van der Waals surface area (Å²) in [5.41, 5.74) is 7.35. The van der Waals surface area contributed by atoms with Crippen LogP contribution in [-0.2, 0) is 6.54 Å². The van der Waals surface area contributed by atoms with Gasteiger partial charge in [0.1, 0.15) is 5.75 Å². The van der Waals surface area contributed by atoms with Crippen molar-refractivity contribution in [3.63, 3.8) is 0 Å². The van der Waals surface area contributed by atoms with E-state index in [0.29, 0.717) is 41.9 Å². The summed E-state index contributed by atoms with van der Waals surface area (Å²) in [6.45, 7) is 2.56. The Morgan fingerprint density at radius 1 is 1.20 bits per heavy atom. The maximum Gasteiger partial charge on any atom is 0.253 e. The van der Waals surface area contributed by atoms with Crippen LogP contribution in [-0.4, -0.2) is 30.5 Å². The van der Waals surface area contributed by atoms with Crippen LogP contribution >= 0.6 is 11.6 Å². The number of halogens is 1. The fraction of sp³-hybridized carbons (Fsp3) is 0.350. The highest BCUT2D eigenvalue weighted by molar-refractivity contribution is 6.32. The number of nitrogens with zero attached hydrogens (tertiary/aromatic N) is 1. The van der Waals surface area contributed by atoms with Crippen molar-refractivity contribution in [3.8, 4) is 5.75 Å². The van der Waals surface area contributed by atoms with Crippen LogP contribution in [0.25, 0.3) is 0 Å². The van der Waals surface area contributed by atoms with Gasteiger partial charge in [-0.25, -0.2) is 0 Å². The van der Waals surface area contributed by atoms with Crippen LogP contribution < -0.4 is 10.5 Å². The van der Waals surface area contributed by atoms with Gasteiger partial charge in [0.05, 0.1) is 11.6 Å². The van der Waals surface area contributed by atoms with E-state index < -0.39 is 0 Å². The summed E-state index contributed by atoms with van der Waals surface area (Å²) in [6, 6.07) is 15.0. The minimum absolute atomic E-state index is 0.0750. The first-order valence-corrected chi connectivity index (χ1v) is 9.01. The molecule has 5 heteroatoms. The number of amides is 1. The lowest BCUT2D eigenvalue weighted by Gasteiger charge is -2.32. The highest BCUT2D eigenvalue weighted by Crippen LogP contribution is 2.25. The number of hydrogen-bond donors (Lipinski definition) is 1. The summed E-state index contributed by atoms with van der Waals surface area (Å²) in [5.74, 6) is 1.09. The van der Waals surface area contributed by atoms with Gasteiger partial charge in [-0.1, -0.05) is 35.9 Å². The zero-order chi connectivity index (χ0) is 17.6. The number of carbonyl (C=O) groups excluding carboxylic acids is 1. The van der Waals surface area contributed by atoms with Gasteiger partial charge in [-0.05, 0) is 42.7 Å².